The Morgan fingerprint density at radius 3 is 2.43 bits per heavy atom. The van der Waals surface area contributed by atoms with Gasteiger partial charge in [-0.25, -0.2) is 0 Å². The number of ketones is 1. The Morgan fingerprint density at radius 1 is 0.893 bits per heavy atom. The van der Waals surface area contributed by atoms with Crippen molar-refractivity contribution in [2.24, 2.45) is 0 Å². The quantitative estimate of drug-likeness (QED) is 0.320. The van der Waals surface area contributed by atoms with E-state index < -0.39 is 5.97 Å². The number of carbonyl (C=O) groups excluding carboxylic acids is 2. The second-order valence-electron chi connectivity index (χ2n) is 5.95. The summed E-state index contributed by atoms with van der Waals surface area (Å²) >= 11 is 1.37. The van der Waals surface area contributed by atoms with Crippen LogP contribution in [0.1, 0.15) is 10.4 Å². The lowest BCUT2D eigenvalue weighted by Crippen LogP contribution is -2.16. The van der Waals surface area contributed by atoms with E-state index in [4.69, 9.17) is 14.2 Å². The van der Waals surface area contributed by atoms with E-state index >= 15 is 0 Å². The first kappa shape index (κ1) is 19.8. The van der Waals surface area contributed by atoms with Crippen molar-refractivity contribution in [3.8, 4) is 11.5 Å². The molecule has 28 heavy (non-hydrogen) atoms. The van der Waals surface area contributed by atoms with Crippen LogP contribution in [0.3, 0.4) is 0 Å². The Labute approximate surface area is 167 Å². The second kappa shape index (κ2) is 9.28. The Balaban J connectivity index is 1.55. The minimum atomic E-state index is -0.451. The zero-order valence-corrected chi connectivity index (χ0v) is 16.5. The molecule has 3 aromatic rings. The molecule has 0 fully saturated rings. The van der Waals surface area contributed by atoms with E-state index in [0.717, 1.165) is 15.7 Å². The topological polar surface area (TPSA) is 61.8 Å². The zero-order chi connectivity index (χ0) is 19.9. The third kappa shape index (κ3) is 4.84. The molecule has 0 aliphatic heterocycles. The van der Waals surface area contributed by atoms with Crippen LogP contribution in [0.2, 0.25) is 0 Å². The fourth-order valence-corrected chi connectivity index (χ4v) is 3.44. The summed E-state index contributed by atoms with van der Waals surface area (Å²) < 4.78 is 15.5. The first-order valence-corrected chi connectivity index (χ1v) is 9.61. The highest BCUT2D eigenvalue weighted by atomic mass is 32.2. The first-order valence-electron chi connectivity index (χ1n) is 8.63. The zero-order valence-electron chi connectivity index (χ0n) is 15.6. The lowest BCUT2D eigenvalue weighted by Gasteiger charge is -2.10. The highest BCUT2D eigenvalue weighted by molar-refractivity contribution is 8.00. The molecular weight excluding hydrogens is 376 g/mol. The summed E-state index contributed by atoms with van der Waals surface area (Å²) in [6.45, 7) is -0.347. The minimum absolute atomic E-state index is 0.126. The highest BCUT2D eigenvalue weighted by Gasteiger charge is 2.16. The van der Waals surface area contributed by atoms with Crippen molar-refractivity contribution >= 4 is 34.3 Å². The Morgan fingerprint density at radius 2 is 1.68 bits per heavy atom. The smallest absolute Gasteiger partial charge is 0.316 e. The lowest BCUT2D eigenvalue weighted by atomic mass is 10.1. The number of hydrogen-bond donors (Lipinski definition) is 0. The van der Waals surface area contributed by atoms with E-state index in [9.17, 15) is 9.59 Å². The summed E-state index contributed by atoms with van der Waals surface area (Å²) in [5.74, 6) is 0.267. The number of benzene rings is 3. The summed E-state index contributed by atoms with van der Waals surface area (Å²) in [4.78, 5) is 25.4. The van der Waals surface area contributed by atoms with Gasteiger partial charge >= 0.3 is 5.97 Å². The summed E-state index contributed by atoms with van der Waals surface area (Å²) in [6.07, 6.45) is 0. The van der Waals surface area contributed by atoms with Gasteiger partial charge in [-0.05, 0) is 41.1 Å². The van der Waals surface area contributed by atoms with Gasteiger partial charge in [-0.2, -0.15) is 0 Å². The Kier molecular flexibility index (Phi) is 6.55. The molecule has 0 aromatic heterocycles. The molecule has 0 aliphatic carbocycles. The van der Waals surface area contributed by atoms with Gasteiger partial charge in [-0.1, -0.05) is 30.3 Å². The normalized spacial score (nSPS) is 10.5. The van der Waals surface area contributed by atoms with E-state index in [1.54, 1.807) is 18.2 Å². The molecule has 0 saturated heterocycles. The number of hydrogen-bond acceptors (Lipinski definition) is 6. The fraction of sp³-hybridized carbons (Fsp3) is 0.182. The molecule has 0 saturated carbocycles. The van der Waals surface area contributed by atoms with Crippen molar-refractivity contribution in [1.82, 2.24) is 0 Å². The number of thioether (sulfide) groups is 1. The number of esters is 1. The van der Waals surface area contributed by atoms with Gasteiger partial charge in [-0.3, -0.25) is 9.59 Å². The van der Waals surface area contributed by atoms with Crippen LogP contribution in [0, 0.1) is 0 Å². The number of rotatable bonds is 8. The largest absolute Gasteiger partial charge is 0.497 e. The van der Waals surface area contributed by atoms with Gasteiger partial charge in [0.25, 0.3) is 0 Å². The summed E-state index contributed by atoms with van der Waals surface area (Å²) in [6, 6.07) is 18.9. The molecule has 3 rings (SSSR count). The van der Waals surface area contributed by atoms with E-state index in [-0.39, 0.29) is 18.1 Å². The van der Waals surface area contributed by atoms with Crippen molar-refractivity contribution in [3.63, 3.8) is 0 Å². The predicted molar refractivity (Wildman–Crippen MR) is 110 cm³/mol. The molecule has 0 bridgehead atoms. The first-order chi connectivity index (χ1) is 13.6. The molecule has 0 heterocycles. The maximum atomic E-state index is 12.4. The molecule has 0 N–H and O–H groups in total. The molecule has 0 atom stereocenters. The van der Waals surface area contributed by atoms with Crippen LogP contribution >= 0.6 is 11.8 Å². The molecule has 0 spiro atoms. The van der Waals surface area contributed by atoms with Crippen molar-refractivity contribution < 1.29 is 23.8 Å². The van der Waals surface area contributed by atoms with Crippen molar-refractivity contribution in [3.05, 3.63) is 66.2 Å². The van der Waals surface area contributed by atoms with E-state index in [1.165, 1.54) is 26.0 Å². The SMILES string of the molecule is COc1ccc(OC)c(C(=O)COC(=O)CSc2ccc3ccccc3c2)c1. The lowest BCUT2D eigenvalue weighted by molar-refractivity contribution is -0.139. The molecule has 0 aliphatic rings. The molecule has 6 heteroatoms. The standard InChI is InChI=1S/C22H20O5S/c1-25-17-8-10-21(26-2)19(12-17)20(23)13-27-22(24)14-28-18-9-7-15-5-3-4-6-16(15)11-18/h3-12H,13-14H2,1-2H3. The Hall–Kier alpha value is -2.99. The molecule has 3 aromatic carbocycles. The summed E-state index contributed by atoms with van der Waals surface area (Å²) in [5, 5.41) is 2.26. The number of fused-ring (bicyclic) bond motifs is 1. The van der Waals surface area contributed by atoms with Crippen LogP contribution in [0.25, 0.3) is 10.8 Å². The Bertz CT molecular complexity index is 999. The number of ether oxygens (including phenoxy) is 3. The maximum absolute atomic E-state index is 12.4. The fourth-order valence-electron chi connectivity index (χ4n) is 2.70. The predicted octanol–water partition coefficient (Wildman–Crippen LogP) is 4.38. The molecular formula is C22H20O5S. The van der Waals surface area contributed by atoms with Crippen LogP contribution in [-0.2, 0) is 9.53 Å². The van der Waals surface area contributed by atoms with Gasteiger partial charge in [0.1, 0.15) is 11.5 Å². The average Bonchev–Trinajstić information content (AvgIpc) is 2.75. The molecule has 0 radical (unpaired) electrons. The second-order valence-corrected chi connectivity index (χ2v) is 7.00. The molecule has 5 nitrogen and oxygen atoms in total. The van der Waals surface area contributed by atoms with Crippen LogP contribution in [0.4, 0.5) is 0 Å². The average molecular weight is 396 g/mol. The maximum Gasteiger partial charge on any atom is 0.316 e. The van der Waals surface area contributed by atoms with Gasteiger partial charge in [0.2, 0.25) is 5.78 Å². The molecule has 0 amide bonds. The number of methoxy groups -OCH3 is 2. The summed E-state index contributed by atoms with van der Waals surface area (Å²) in [7, 11) is 2.99. The van der Waals surface area contributed by atoms with Crippen LogP contribution in [-0.4, -0.2) is 38.3 Å². The van der Waals surface area contributed by atoms with Crippen molar-refractivity contribution in [2.45, 2.75) is 4.90 Å². The van der Waals surface area contributed by atoms with Crippen LogP contribution in [0.5, 0.6) is 11.5 Å². The molecule has 0 unspecified atom stereocenters. The van der Waals surface area contributed by atoms with Crippen LogP contribution in [0.15, 0.2) is 65.6 Å². The van der Waals surface area contributed by atoms with E-state index in [1.807, 2.05) is 42.5 Å². The van der Waals surface area contributed by atoms with Gasteiger partial charge < -0.3 is 14.2 Å². The minimum Gasteiger partial charge on any atom is -0.497 e. The van der Waals surface area contributed by atoms with Crippen molar-refractivity contribution in [2.75, 3.05) is 26.6 Å². The number of carbonyl (C=O) groups is 2. The van der Waals surface area contributed by atoms with Crippen molar-refractivity contribution in [1.29, 1.82) is 0 Å². The van der Waals surface area contributed by atoms with E-state index in [0.29, 0.717) is 17.1 Å². The van der Waals surface area contributed by atoms with Gasteiger partial charge in [-0.15, -0.1) is 11.8 Å². The third-order valence-electron chi connectivity index (χ3n) is 4.15. The van der Waals surface area contributed by atoms with E-state index in [2.05, 4.69) is 0 Å². The van der Waals surface area contributed by atoms with Gasteiger partial charge in [0.15, 0.2) is 6.61 Å². The van der Waals surface area contributed by atoms with Crippen LogP contribution < -0.4 is 9.47 Å². The highest BCUT2D eigenvalue weighted by Crippen LogP contribution is 2.25. The number of Topliss-reactive ketones (excluding diaryl/α,β-unsaturated/α-hetero) is 1. The third-order valence-corrected chi connectivity index (χ3v) is 5.12. The van der Waals surface area contributed by atoms with Gasteiger partial charge in [0, 0.05) is 4.90 Å². The summed E-state index contributed by atoms with van der Waals surface area (Å²) in [5.41, 5.74) is 0.317. The van der Waals surface area contributed by atoms with Gasteiger partial charge in [0.05, 0.1) is 25.5 Å². The molecule has 144 valence electrons. The monoisotopic (exact) mass is 396 g/mol.